The number of benzene rings is 2. The molecule has 9 heteroatoms. The third-order valence-corrected chi connectivity index (χ3v) is 5.00. The van der Waals surface area contributed by atoms with Crippen LogP contribution in [-0.4, -0.2) is 33.7 Å². The van der Waals surface area contributed by atoms with Crippen molar-refractivity contribution in [3.8, 4) is 11.4 Å². The van der Waals surface area contributed by atoms with Gasteiger partial charge in [0.05, 0.1) is 29.2 Å². The van der Waals surface area contributed by atoms with E-state index in [0.29, 0.717) is 16.6 Å². The number of para-hydroxylation sites is 1. The Morgan fingerprint density at radius 1 is 1.10 bits per heavy atom. The van der Waals surface area contributed by atoms with Gasteiger partial charge in [0.25, 0.3) is 5.91 Å². The molecule has 146 valence electrons. The highest BCUT2D eigenvalue weighted by Gasteiger charge is 2.20. The van der Waals surface area contributed by atoms with Gasteiger partial charge in [-0.25, -0.2) is 9.67 Å². The first kappa shape index (κ1) is 18.6. The van der Waals surface area contributed by atoms with Crippen molar-refractivity contribution in [3.05, 3.63) is 60.4 Å². The van der Waals surface area contributed by atoms with E-state index in [2.05, 4.69) is 20.7 Å². The monoisotopic (exact) mass is 407 g/mol. The van der Waals surface area contributed by atoms with E-state index in [-0.39, 0.29) is 11.6 Å². The zero-order valence-corrected chi connectivity index (χ0v) is 16.5. The molecule has 0 aliphatic rings. The lowest BCUT2D eigenvalue weighted by atomic mass is 10.3. The Bertz CT molecular complexity index is 1200. The fourth-order valence-electron chi connectivity index (χ4n) is 2.79. The van der Waals surface area contributed by atoms with Gasteiger partial charge in [-0.1, -0.05) is 29.5 Å². The summed E-state index contributed by atoms with van der Waals surface area (Å²) in [7, 11) is 1.49. The smallest absolute Gasteiger partial charge is 0.281 e. The van der Waals surface area contributed by atoms with Crippen LogP contribution in [0.4, 0.5) is 10.8 Å². The van der Waals surface area contributed by atoms with Gasteiger partial charge in [0, 0.05) is 12.6 Å². The molecule has 0 bridgehead atoms. The largest absolute Gasteiger partial charge is 0.493 e. The highest BCUT2D eigenvalue weighted by atomic mass is 32.1. The van der Waals surface area contributed by atoms with Gasteiger partial charge in [0.15, 0.2) is 16.6 Å². The Morgan fingerprint density at radius 2 is 1.90 bits per heavy atom. The maximum Gasteiger partial charge on any atom is 0.281 e. The molecule has 4 rings (SSSR count). The molecule has 0 fully saturated rings. The number of hydrogen-bond donors (Lipinski definition) is 2. The zero-order valence-electron chi connectivity index (χ0n) is 15.7. The summed E-state index contributed by atoms with van der Waals surface area (Å²) in [6.07, 6.45) is 1.66. The minimum atomic E-state index is -0.419. The van der Waals surface area contributed by atoms with Crippen molar-refractivity contribution >= 4 is 44.2 Å². The van der Waals surface area contributed by atoms with Crippen molar-refractivity contribution < 1.29 is 14.3 Å². The standard InChI is InChI=1S/C20H17N5O3S/c1-12(26)21-13-8-9-15-17(10-13)29-20(22-15)23-19(27)18-16(28-2)11-25(24-18)14-6-4-3-5-7-14/h3-11H,1-2H3,(H,21,26)(H,22,23,27). The van der Waals surface area contributed by atoms with E-state index < -0.39 is 5.91 Å². The van der Waals surface area contributed by atoms with E-state index in [1.54, 1.807) is 23.0 Å². The number of methoxy groups -OCH3 is 1. The fourth-order valence-corrected chi connectivity index (χ4v) is 3.69. The van der Waals surface area contributed by atoms with Crippen molar-refractivity contribution in [1.29, 1.82) is 0 Å². The second-order valence-electron chi connectivity index (χ2n) is 6.16. The summed E-state index contributed by atoms with van der Waals surface area (Å²) < 4.78 is 7.75. The van der Waals surface area contributed by atoms with Gasteiger partial charge in [-0.3, -0.25) is 14.9 Å². The van der Waals surface area contributed by atoms with Gasteiger partial charge in [-0.15, -0.1) is 0 Å². The molecule has 0 spiro atoms. The summed E-state index contributed by atoms with van der Waals surface area (Å²) in [5.74, 6) is -0.207. The van der Waals surface area contributed by atoms with Crippen molar-refractivity contribution in [2.45, 2.75) is 6.92 Å². The molecule has 0 aliphatic heterocycles. The molecule has 4 aromatic rings. The second kappa shape index (κ2) is 7.72. The molecule has 0 saturated carbocycles. The lowest BCUT2D eigenvalue weighted by molar-refractivity contribution is -0.114. The minimum absolute atomic E-state index is 0.150. The Balaban J connectivity index is 1.59. The number of carbonyl (C=O) groups is 2. The molecular weight excluding hydrogens is 390 g/mol. The highest BCUT2D eigenvalue weighted by molar-refractivity contribution is 7.22. The molecule has 2 N–H and O–H groups in total. The fraction of sp³-hybridized carbons (Fsp3) is 0.100. The molecule has 0 unspecified atom stereocenters. The first-order chi connectivity index (χ1) is 14.0. The van der Waals surface area contributed by atoms with Crippen molar-refractivity contribution in [1.82, 2.24) is 14.8 Å². The van der Waals surface area contributed by atoms with E-state index in [1.165, 1.54) is 25.4 Å². The lowest BCUT2D eigenvalue weighted by Gasteiger charge is -2.00. The predicted molar refractivity (Wildman–Crippen MR) is 112 cm³/mol. The number of thiazole rings is 1. The van der Waals surface area contributed by atoms with Crippen LogP contribution in [0.2, 0.25) is 0 Å². The highest BCUT2D eigenvalue weighted by Crippen LogP contribution is 2.29. The maximum atomic E-state index is 12.8. The topological polar surface area (TPSA) is 98.1 Å². The van der Waals surface area contributed by atoms with Crippen LogP contribution in [-0.2, 0) is 4.79 Å². The van der Waals surface area contributed by atoms with Gasteiger partial charge in [0.1, 0.15) is 0 Å². The number of aromatic nitrogens is 3. The molecule has 0 radical (unpaired) electrons. The summed E-state index contributed by atoms with van der Waals surface area (Å²) in [6, 6.07) is 14.8. The number of nitrogens with zero attached hydrogens (tertiary/aromatic N) is 3. The van der Waals surface area contributed by atoms with Crippen molar-refractivity contribution in [2.24, 2.45) is 0 Å². The zero-order chi connectivity index (χ0) is 20.4. The number of carbonyl (C=O) groups excluding carboxylic acids is 2. The van der Waals surface area contributed by atoms with Gasteiger partial charge in [-0.05, 0) is 30.3 Å². The number of anilines is 2. The third-order valence-electron chi connectivity index (χ3n) is 4.07. The summed E-state index contributed by atoms with van der Waals surface area (Å²) in [6.45, 7) is 1.45. The Kier molecular flexibility index (Phi) is 4.96. The third kappa shape index (κ3) is 3.94. The lowest BCUT2D eigenvalue weighted by Crippen LogP contribution is -2.14. The van der Waals surface area contributed by atoms with Gasteiger partial charge < -0.3 is 10.1 Å². The Morgan fingerprint density at radius 3 is 2.62 bits per heavy atom. The molecule has 0 saturated heterocycles. The molecule has 2 amide bonds. The summed E-state index contributed by atoms with van der Waals surface area (Å²) in [4.78, 5) is 28.4. The van der Waals surface area contributed by atoms with Gasteiger partial charge in [0.2, 0.25) is 5.91 Å². The number of ether oxygens (including phenoxy) is 1. The van der Waals surface area contributed by atoms with Gasteiger partial charge >= 0.3 is 0 Å². The van der Waals surface area contributed by atoms with Crippen LogP contribution in [0.1, 0.15) is 17.4 Å². The summed E-state index contributed by atoms with van der Waals surface area (Å²) >= 11 is 1.31. The Labute approximate surface area is 170 Å². The normalized spacial score (nSPS) is 10.7. The average Bonchev–Trinajstić information content (AvgIpc) is 3.31. The Hall–Kier alpha value is -3.72. The maximum absolute atomic E-state index is 12.8. The van der Waals surface area contributed by atoms with Crippen LogP contribution in [0.3, 0.4) is 0 Å². The molecule has 2 heterocycles. The number of rotatable bonds is 5. The van der Waals surface area contributed by atoms with E-state index >= 15 is 0 Å². The number of nitrogens with one attached hydrogen (secondary N) is 2. The summed E-state index contributed by atoms with van der Waals surface area (Å²) in [5.41, 5.74) is 2.38. The predicted octanol–water partition coefficient (Wildman–Crippen LogP) is 3.70. The SMILES string of the molecule is COc1cn(-c2ccccc2)nc1C(=O)Nc1nc2ccc(NC(C)=O)cc2s1. The van der Waals surface area contributed by atoms with Crippen LogP contribution in [0.15, 0.2) is 54.7 Å². The minimum Gasteiger partial charge on any atom is -0.493 e. The first-order valence-corrected chi connectivity index (χ1v) is 9.54. The van der Waals surface area contributed by atoms with Crippen molar-refractivity contribution in [3.63, 3.8) is 0 Å². The molecule has 29 heavy (non-hydrogen) atoms. The first-order valence-electron chi connectivity index (χ1n) is 8.72. The van der Waals surface area contributed by atoms with Crippen LogP contribution in [0.25, 0.3) is 15.9 Å². The molecule has 8 nitrogen and oxygen atoms in total. The van der Waals surface area contributed by atoms with E-state index in [9.17, 15) is 9.59 Å². The summed E-state index contributed by atoms with van der Waals surface area (Å²) in [5, 5.41) is 10.3. The number of amides is 2. The van der Waals surface area contributed by atoms with Crippen LogP contribution in [0, 0.1) is 0 Å². The van der Waals surface area contributed by atoms with E-state index in [0.717, 1.165) is 15.9 Å². The molecule has 2 aromatic heterocycles. The van der Waals surface area contributed by atoms with E-state index in [1.807, 2.05) is 36.4 Å². The van der Waals surface area contributed by atoms with E-state index in [4.69, 9.17) is 4.74 Å². The number of fused-ring (bicyclic) bond motifs is 1. The van der Waals surface area contributed by atoms with Crippen LogP contribution < -0.4 is 15.4 Å². The van der Waals surface area contributed by atoms with Crippen molar-refractivity contribution in [2.75, 3.05) is 17.7 Å². The van der Waals surface area contributed by atoms with Crippen LogP contribution in [0.5, 0.6) is 5.75 Å². The van der Waals surface area contributed by atoms with Gasteiger partial charge in [-0.2, -0.15) is 5.10 Å². The van der Waals surface area contributed by atoms with Crippen LogP contribution >= 0.6 is 11.3 Å². The quantitative estimate of drug-likeness (QED) is 0.526. The molecule has 0 aliphatic carbocycles. The molecular formula is C20H17N5O3S. The second-order valence-corrected chi connectivity index (χ2v) is 7.19. The average molecular weight is 407 g/mol. The molecule has 2 aromatic carbocycles. The molecule has 0 atom stereocenters. The number of hydrogen-bond acceptors (Lipinski definition) is 6.